The molecule has 2 bridgehead atoms. The van der Waals surface area contributed by atoms with E-state index in [0.29, 0.717) is 42.4 Å². The first kappa shape index (κ1) is 28.7. The maximum absolute atomic E-state index is 12.9. The van der Waals surface area contributed by atoms with Crippen LogP contribution in [0.3, 0.4) is 0 Å². The maximum atomic E-state index is 12.9. The van der Waals surface area contributed by atoms with Crippen LogP contribution in [-0.4, -0.2) is 41.8 Å². The Morgan fingerprint density at radius 1 is 1.27 bits per heavy atom. The molecule has 0 spiro atoms. The molecular formula is C28H42N4O4Si. The summed E-state index contributed by atoms with van der Waals surface area (Å²) in [5.74, 6) is 0.900. The molecule has 2 amide bonds. The van der Waals surface area contributed by atoms with Crippen LogP contribution in [0.1, 0.15) is 46.4 Å². The number of benzene rings is 1. The van der Waals surface area contributed by atoms with Gasteiger partial charge in [-0.1, -0.05) is 44.8 Å². The van der Waals surface area contributed by atoms with Crippen LogP contribution in [-0.2, 0) is 27.4 Å². The second-order valence-corrected chi connectivity index (χ2v) is 17.5. The normalized spacial score (nSPS) is 16.6. The number of nitrogens with one attached hydrogen (secondary N) is 2. The van der Waals surface area contributed by atoms with Gasteiger partial charge in [0.2, 0.25) is 5.91 Å². The van der Waals surface area contributed by atoms with Crippen molar-refractivity contribution in [3.05, 3.63) is 42.4 Å². The van der Waals surface area contributed by atoms with Crippen molar-refractivity contribution in [1.29, 1.82) is 0 Å². The largest absolute Gasteiger partial charge is 0.444 e. The Kier molecular flexibility index (Phi) is 9.36. The molecule has 2 aromatic rings. The molecule has 1 aromatic carbocycles. The summed E-state index contributed by atoms with van der Waals surface area (Å²) in [6.07, 6.45) is 7.47. The molecule has 0 saturated heterocycles. The van der Waals surface area contributed by atoms with Gasteiger partial charge in [-0.05, 0) is 51.3 Å². The predicted molar refractivity (Wildman–Crippen MR) is 151 cm³/mol. The van der Waals surface area contributed by atoms with E-state index in [4.69, 9.17) is 14.5 Å². The lowest BCUT2D eigenvalue weighted by atomic mass is 10.0. The summed E-state index contributed by atoms with van der Waals surface area (Å²) in [6, 6.07) is 6.51. The number of rotatable bonds is 6. The molecule has 37 heavy (non-hydrogen) atoms. The van der Waals surface area contributed by atoms with E-state index in [1.165, 1.54) is 0 Å². The minimum Gasteiger partial charge on any atom is -0.444 e. The van der Waals surface area contributed by atoms with Gasteiger partial charge in [-0.25, -0.2) is 9.78 Å². The summed E-state index contributed by atoms with van der Waals surface area (Å²) >= 11 is 0. The molecule has 0 radical (unpaired) electrons. The smallest absolute Gasteiger partial charge is 0.412 e. The number of hydrogen-bond acceptors (Lipinski definition) is 5. The summed E-state index contributed by atoms with van der Waals surface area (Å²) < 4.78 is 13.6. The van der Waals surface area contributed by atoms with Gasteiger partial charge in [0.1, 0.15) is 18.2 Å². The van der Waals surface area contributed by atoms with Crippen LogP contribution in [0.15, 0.2) is 36.5 Å². The number of carbonyl (C=O) groups is 2. The third-order valence-corrected chi connectivity index (χ3v) is 7.53. The number of carbonyl (C=O) groups excluding carboxylic acids is 2. The topological polar surface area (TPSA) is 94.5 Å². The van der Waals surface area contributed by atoms with Gasteiger partial charge in [-0.2, -0.15) is 0 Å². The second-order valence-electron chi connectivity index (χ2n) is 11.9. The van der Waals surface area contributed by atoms with Crippen LogP contribution in [0.4, 0.5) is 16.2 Å². The first-order valence-corrected chi connectivity index (χ1v) is 16.8. The fourth-order valence-corrected chi connectivity index (χ4v) is 4.74. The highest BCUT2D eigenvalue weighted by Gasteiger charge is 2.22. The zero-order chi connectivity index (χ0) is 27.2. The average Bonchev–Trinajstić information content (AvgIpc) is 3.14. The van der Waals surface area contributed by atoms with E-state index in [2.05, 4.69) is 42.4 Å². The van der Waals surface area contributed by atoms with Gasteiger partial charge < -0.3 is 19.4 Å². The number of ether oxygens (including phenoxy) is 2. The standard InChI is InChI=1S/C28H42N4O4Si/c1-20-11-8-9-14-24-29-23(18-32(24)19-35-15-16-37(5,6)7)26-21(30-25(33)17-20)12-10-13-22(26)31-27(34)36-28(2,3)4/h8,10-13,18,20H,9,14-17,19H2,1-7H3,(H,30,33)(H,31,34)/t20-/m1/s1. The molecule has 1 atom stereocenters. The van der Waals surface area contributed by atoms with Crippen molar-refractivity contribution < 1.29 is 19.1 Å². The molecule has 202 valence electrons. The Balaban J connectivity index is 2.01. The van der Waals surface area contributed by atoms with Gasteiger partial charge >= 0.3 is 6.09 Å². The highest BCUT2D eigenvalue weighted by atomic mass is 28.3. The zero-order valence-corrected chi connectivity index (χ0v) is 24.3. The van der Waals surface area contributed by atoms with Crippen molar-refractivity contribution in [2.24, 2.45) is 5.92 Å². The Morgan fingerprint density at radius 3 is 2.73 bits per heavy atom. The highest BCUT2D eigenvalue weighted by molar-refractivity contribution is 6.76. The molecule has 0 fully saturated rings. The second kappa shape index (κ2) is 12.1. The van der Waals surface area contributed by atoms with Gasteiger partial charge in [-0.3, -0.25) is 10.1 Å². The summed E-state index contributed by atoms with van der Waals surface area (Å²) in [6.45, 7) is 15.6. The molecule has 0 saturated carbocycles. The fourth-order valence-electron chi connectivity index (χ4n) is 3.98. The number of anilines is 2. The maximum Gasteiger partial charge on any atom is 0.412 e. The summed E-state index contributed by atoms with van der Waals surface area (Å²) in [5.41, 5.74) is 1.76. The van der Waals surface area contributed by atoms with E-state index in [0.717, 1.165) is 24.7 Å². The number of hydrogen-bond donors (Lipinski definition) is 2. The summed E-state index contributed by atoms with van der Waals surface area (Å²) in [5, 5.41) is 5.90. The fraction of sp³-hybridized carbons (Fsp3) is 0.536. The molecule has 8 nitrogen and oxygen atoms in total. The molecule has 9 heteroatoms. The molecule has 1 aliphatic rings. The van der Waals surface area contributed by atoms with Crippen LogP contribution < -0.4 is 10.6 Å². The summed E-state index contributed by atoms with van der Waals surface area (Å²) in [4.78, 5) is 30.5. The Morgan fingerprint density at radius 2 is 2.03 bits per heavy atom. The third kappa shape index (κ3) is 9.16. The van der Waals surface area contributed by atoms with Gasteiger partial charge in [0, 0.05) is 39.3 Å². The van der Waals surface area contributed by atoms with E-state index in [1.807, 2.05) is 44.5 Å². The van der Waals surface area contributed by atoms with E-state index in [1.54, 1.807) is 12.1 Å². The van der Waals surface area contributed by atoms with Crippen molar-refractivity contribution in [3.63, 3.8) is 0 Å². The Hall–Kier alpha value is -2.91. The molecule has 3 rings (SSSR count). The molecule has 0 unspecified atom stereocenters. The number of fused-ring (bicyclic) bond motifs is 4. The Bertz CT molecular complexity index is 1130. The minimum absolute atomic E-state index is 0.0959. The van der Waals surface area contributed by atoms with Crippen molar-refractivity contribution in [2.75, 3.05) is 17.2 Å². The van der Waals surface area contributed by atoms with Gasteiger partial charge in [0.25, 0.3) is 0 Å². The number of nitrogens with zero attached hydrogens (tertiary/aromatic N) is 2. The van der Waals surface area contributed by atoms with Gasteiger partial charge in [-0.15, -0.1) is 0 Å². The van der Waals surface area contributed by atoms with Crippen molar-refractivity contribution in [1.82, 2.24) is 9.55 Å². The molecule has 0 aliphatic carbocycles. The SMILES string of the molecule is C[C@@H]1C=CCCc2nc(cn2COCC[Si](C)(C)C)-c2c(cccc2NC(=O)OC(C)(C)C)NC(=O)C1. The zero-order valence-electron chi connectivity index (χ0n) is 23.3. The highest BCUT2D eigenvalue weighted by Crippen LogP contribution is 2.36. The summed E-state index contributed by atoms with van der Waals surface area (Å²) in [7, 11) is -1.20. The third-order valence-electron chi connectivity index (χ3n) is 5.82. The van der Waals surface area contributed by atoms with Gasteiger partial charge in [0.15, 0.2) is 0 Å². The lowest BCUT2D eigenvalue weighted by Gasteiger charge is -2.21. The van der Waals surface area contributed by atoms with Gasteiger partial charge in [0.05, 0.1) is 17.1 Å². The number of aromatic nitrogens is 2. The molecular weight excluding hydrogens is 484 g/mol. The van der Waals surface area contributed by atoms with Crippen LogP contribution in [0.2, 0.25) is 25.7 Å². The van der Waals surface area contributed by atoms with Crippen molar-refractivity contribution in [2.45, 2.75) is 85.0 Å². The van der Waals surface area contributed by atoms with E-state index in [9.17, 15) is 9.59 Å². The number of allylic oxidation sites excluding steroid dienone is 2. The first-order valence-electron chi connectivity index (χ1n) is 13.0. The van der Waals surface area contributed by atoms with Crippen LogP contribution >= 0.6 is 0 Å². The number of aryl methyl sites for hydroxylation is 1. The molecule has 1 aromatic heterocycles. The molecule has 2 N–H and O–H groups in total. The lowest BCUT2D eigenvalue weighted by molar-refractivity contribution is -0.116. The van der Waals surface area contributed by atoms with E-state index < -0.39 is 19.8 Å². The van der Waals surface area contributed by atoms with Crippen molar-refractivity contribution >= 4 is 31.4 Å². The van der Waals surface area contributed by atoms with Crippen molar-refractivity contribution in [3.8, 4) is 11.3 Å². The number of imidazole rings is 1. The molecule has 2 heterocycles. The van der Waals surface area contributed by atoms with Crippen LogP contribution in [0.25, 0.3) is 11.3 Å². The molecule has 1 aliphatic heterocycles. The first-order chi connectivity index (χ1) is 17.3. The average molecular weight is 527 g/mol. The lowest BCUT2D eigenvalue weighted by Crippen LogP contribution is -2.27. The minimum atomic E-state index is -1.20. The van der Waals surface area contributed by atoms with Crippen LogP contribution in [0, 0.1) is 5.92 Å². The van der Waals surface area contributed by atoms with Crippen LogP contribution in [0.5, 0.6) is 0 Å². The monoisotopic (exact) mass is 526 g/mol. The van der Waals surface area contributed by atoms with E-state index >= 15 is 0 Å². The van der Waals surface area contributed by atoms with E-state index in [-0.39, 0.29) is 11.8 Å². The quantitative estimate of drug-likeness (QED) is 0.249. The Labute approximate surface area is 221 Å². The number of amides is 2. The predicted octanol–water partition coefficient (Wildman–Crippen LogP) is 6.68.